The van der Waals surface area contributed by atoms with Crippen LogP contribution in [0, 0.1) is 5.92 Å². The molecule has 4 N–H and O–H groups in total. The number of nitrogens with two attached hydrogens (primary N) is 1. The number of rotatable bonds is 4. The van der Waals surface area contributed by atoms with Crippen LogP contribution in [0.5, 0.6) is 0 Å². The van der Waals surface area contributed by atoms with Crippen LogP contribution in [-0.2, 0) is 14.3 Å². The molecule has 0 aromatic rings. The number of carbonyl (C=O) groups is 3. The molecule has 1 aliphatic heterocycles. The van der Waals surface area contributed by atoms with E-state index in [1.165, 1.54) is 7.05 Å². The molecule has 0 saturated carbocycles. The average Bonchev–Trinajstić information content (AvgIpc) is 2.61. The Hall–Kier alpha value is -1.63. The maximum atomic E-state index is 11.8. The van der Waals surface area contributed by atoms with Crippen LogP contribution >= 0.6 is 0 Å². The zero-order chi connectivity index (χ0) is 17.6. The van der Waals surface area contributed by atoms with Gasteiger partial charge in [0.25, 0.3) is 0 Å². The van der Waals surface area contributed by atoms with Crippen molar-refractivity contribution in [1.82, 2.24) is 10.6 Å². The first-order valence-corrected chi connectivity index (χ1v) is 7.37. The molecule has 1 rings (SSSR count). The van der Waals surface area contributed by atoms with E-state index in [1.807, 2.05) is 13.8 Å². The Morgan fingerprint density at radius 1 is 1.50 bits per heavy atom. The summed E-state index contributed by atoms with van der Waals surface area (Å²) in [6, 6.07) is -0.713. The summed E-state index contributed by atoms with van der Waals surface area (Å²) in [6.45, 7) is 9.10. The molecule has 128 valence electrons. The lowest BCUT2D eigenvalue weighted by Crippen LogP contribution is -2.41. The number of ether oxygens (including phenoxy) is 1. The highest BCUT2D eigenvalue weighted by Crippen LogP contribution is 2.27. The summed E-state index contributed by atoms with van der Waals surface area (Å²) in [7, 11) is 1.50. The van der Waals surface area contributed by atoms with Gasteiger partial charge >= 0.3 is 6.09 Å². The molecular formula is C15H29N3O4. The molecule has 2 atom stereocenters. The maximum Gasteiger partial charge on any atom is 0.408 e. The second-order valence-electron chi connectivity index (χ2n) is 6.90. The van der Waals surface area contributed by atoms with E-state index in [0.29, 0.717) is 12.7 Å². The first kappa shape index (κ1) is 20.4. The molecule has 1 heterocycles. The molecule has 1 fully saturated rings. The Bertz CT molecular complexity index is 402. The fourth-order valence-corrected chi connectivity index (χ4v) is 2.30. The zero-order valence-corrected chi connectivity index (χ0v) is 14.4. The molecule has 7 heteroatoms. The van der Waals surface area contributed by atoms with Crippen molar-refractivity contribution in [3.05, 3.63) is 0 Å². The van der Waals surface area contributed by atoms with Crippen LogP contribution in [0.1, 0.15) is 47.5 Å². The van der Waals surface area contributed by atoms with Gasteiger partial charge in [0.1, 0.15) is 11.9 Å². The highest BCUT2D eigenvalue weighted by Gasteiger charge is 2.38. The van der Waals surface area contributed by atoms with Crippen molar-refractivity contribution in [1.29, 1.82) is 0 Å². The zero-order valence-electron chi connectivity index (χ0n) is 14.4. The van der Waals surface area contributed by atoms with Gasteiger partial charge in [-0.15, -0.1) is 0 Å². The lowest BCUT2D eigenvalue weighted by molar-refractivity contribution is -0.123. The molecule has 0 aromatic carbocycles. The van der Waals surface area contributed by atoms with Crippen LogP contribution in [0.3, 0.4) is 0 Å². The summed E-state index contributed by atoms with van der Waals surface area (Å²) >= 11 is 0. The smallest absolute Gasteiger partial charge is 0.408 e. The van der Waals surface area contributed by atoms with Gasteiger partial charge in [-0.1, -0.05) is 0 Å². The molecule has 0 aliphatic carbocycles. The Morgan fingerprint density at radius 3 is 2.41 bits per heavy atom. The number of hydrogen-bond donors (Lipinski definition) is 3. The van der Waals surface area contributed by atoms with Gasteiger partial charge in [-0.3, -0.25) is 4.79 Å². The van der Waals surface area contributed by atoms with Crippen molar-refractivity contribution < 1.29 is 19.1 Å². The molecule has 0 spiro atoms. The van der Waals surface area contributed by atoms with Gasteiger partial charge in [0, 0.05) is 11.5 Å². The average molecular weight is 315 g/mol. The minimum atomic E-state index is -0.713. The summed E-state index contributed by atoms with van der Waals surface area (Å²) in [5, 5.41) is 5.35. The number of aldehydes is 1. The number of carbonyl (C=O) groups excluding carboxylic acids is 3. The third-order valence-electron chi connectivity index (χ3n) is 2.99. The van der Waals surface area contributed by atoms with Gasteiger partial charge in [0.05, 0.1) is 6.04 Å². The van der Waals surface area contributed by atoms with Gasteiger partial charge in [0.2, 0.25) is 5.91 Å². The summed E-state index contributed by atoms with van der Waals surface area (Å²) in [5.41, 5.74) is 3.62. The first-order valence-electron chi connectivity index (χ1n) is 7.37. The van der Waals surface area contributed by atoms with Crippen LogP contribution in [-0.4, -0.2) is 42.5 Å². The lowest BCUT2D eigenvalue weighted by Gasteiger charge is -2.22. The normalized spacial score (nSPS) is 21.0. The Kier molecular flexibility index (Phi) is 7.52. The third-order valence-corrected chi connectivity index (χ3v) is 2.99. The van der Waals surface area contributed by atoms with Crippen molar-refractivity contribution in [2.75, 3.05) is 7.05 Å². The van der Waals surface area contributed by atoms with Gasteiger partial charge in [-0.25, -0.2) is 4.79 Å². The highest BCUT2D eigenvalue weighted by atomic mass is 16.6. The fourth-order valence-electron chi connectivity index (χ4n) is 2.30. The van der Waals surface area contributed by atoms with E-state index in [-0.39, 0.29) is 23.8 Å². The van der Waals surface area contributed by atoms with Crippen LogP contribution in [0.15, 0.2) is 0 Å². The van der Waals surface area contributed by atoms with Crippen LogP contribution < -0.4 is 16.4 Å². The second-order valence-corrected chi connectivity index (χ2v) is 6.90. The molecule has 22 heavy (non-hydrogen) atoms. The van der Waals surface area contributed by atoms with Crippen LogP contribution in [0.25, 0.3) is 0 Å². The number of hydrogen-bond acceptors (Lipinski definition) is 5. The monoisotopic (exact) mass is 315 g/mol. The molecule has 0 bridgehead atoms. The molecule has 2 unspecified atom stereocenters. The summed E-state index contributed by atoms with van der Waals surface area (Å²) in [6.07, 6.45) is 0.930. The quantitative estimate of drug-likeness (QED) is 0.669. The molecule has 2 amide bonds. The largest absolute Gasteiger partial charge is 0.444 e. The maximum absolute atomic E-state index is 11.8. The molecule has 0 aromatic heterocycles. The summed E-state index contributed by atoms with van der Waals surface area (Å²) in [4.78, 5) is 34.5. The standard InChI is InChI=1S/C14H24N2O4.CH5N/c1-13(2,3)20-12(19)15-10(8-17)6-9-7-14(4,5)16-11(9)18;1-2/h8-10H,6-7H2,1-5H3,(H,15,19)(H,16,18);2H2,1H3. The Labute approximate surface area is 132 Å². The van der Waals surface area contributed by atoms with E-state index in [9.17, 15) is 14.4 Å². The number of nitrogens with one attached hydrogen (secondary N) is 2. The minimum absolute atomic E-state index is 0.0761. The third kappa shape index (κ3) is 7.40. The van der Waals surface area contributed by atoms with Gasteiger partial charge in [-0.2, -0.15) is 0 Å². The van der Waals surface area contributed by atoms with E-state index < -0.39 is 17.7 Å². The SMILES string of the molecule is CC1(C)CC(CC(C=O)NC(=O)OC(C)(C)C)C(=O)N1.CN. The summed E-state index contributed by atoms with van der Waals surface area (Å²) in [5.74, 6) is -0.344. The van der Waals surface area contributed by atoms with Gasteiger partial charge in [0.15, 0.2) is 0 Å². The fraction of sp³-hybridized carbons (Fsp3) is 0.800. The second kappa shape index (κ2) is 8.12. The van der Waals surface area contributed by atoms with Gasteiger partial charge in [-0.05, 0) is 54.5 Å². The van der Waals surface area contributed by atoms with Crippen molar-refractivity contribution in [2.45, 2.75) is 64.6 Å². The van der Waals surface area contributed by atoms with Crippen LogP contribution in [0.2, 0.25) is 0 Å². The van der Waals surface area contributed by atoms with Crippen molar-refractivity contribution >= 4 is 18.3 Å². The van der Waals surface area contributed by atoms with E-state index in [0.717, 1.165) is 0 Å². The van der Waals surface area contributed by atoms with E-state index in [4.69, 9.17) is 4.74 Å². The molecule has 1 saturated heterocycles. The van der Waals surface area contributed by atoms with Gasteiger partial charge < -0.3 is 25.9 Å². The van der Waals surface area contributed by atoms with E-state index in [2.05, 4.69) is 16.4 Å². The summed E-state index contributed by atoms with van der Waals surface area (Å²) < 4.78 is 5.09. The molecule has 0 radical (unpaired) electrons. The molecule has 1 aliphatic rings. The molecular weight excluding hydrogens is 286 g/mol. The van der Waals surface area contributed by atoms with Crippen molar-refractivity contribution in [2.24, 2.45) is 11.7 Å². The van der Waals surface area contributed by atoms with Crippen molar-refractivity contribution in [3.8, 4) is 0 Å². The number of alkyl carbamates (subject to hydrolysis) is 1. The Balaban J connectivity index is 0.00000211. The predicted octanol–water partition coefficient (Wildman–Crippen LogP) is 0.958. The minimum Gasteiger partial charge on any atom is -0.444 e. The molecule has 7 nitrogen and oxygen atoms in total. The van der Waals surface area contributed by atoms with E-state index in [1.54, 1.807) is 20.8 Å². The topological polar surface area (TPSA) is 111 Å². The number of amides is 2. The lowest BCUT2D eigenvalue weighted by atomic mass is 9.92. The first-order chi connectivity index (χ1) is 10.0. The van der Waals surface area contributed by atoms with Crippen LogP contribution in [0.4, 0.5) is 4.79 Å². The Morgan fingerprint density at radius 2 is 2.05 bits per heavy atom. The van der Waals surface area contributed by atoms with E-state index >= 15 is 0 Å². The van der Waals surface area contributed by atoms with Crippen molar-refractivity contribution in [3.63, 3.8) is 0 Å². The highest BCUT2D eigenvalue weighted by molar-refractivity contribution is 5.83. The predicted molar refractivity (Wildman–Crippen MR) is 84.3 cm³/mol.